The molecular formula is C15H22BrNO. The van der Waals surface area contributed by atoms with Crippen molar-refractivity contribution in [1.82, 2.24) is 5.32 Å². The second-order valence-corrected chi connectivity index (χ2v) is 5.85. The maximum atomic E-state index is 5.20. The lowest BCUT2D eigenvalue weighted by molar-refractivity contribution is 0.414. The summed E-state index contributed by atoms with van der Waals surface area (Å²) in [6.07, 6.45) is 7.78. The van der Waals surface area contributed by atoms with Gasteiger partial charge in [-0.2, -0.15) is 0 Å². The summed E-state index contributed by atoms with van der Waals surface area (Å²) in [5.74, 6) is 0.916. The van der Waals surface area contributed by atoms with E-state index in [4.69, 9.17) is 4.74 Å². The molecule has 2 nitrogen and oxygen atoms in total. The summed E-state index contributed by atoms with van der Waals surface area (Å²) in [6, 6.07) is 7.09. The van der Waals surface area contributed by atoms with Gasteiger partial charge >= 0.3 is 0 Å². The van der Waals surface area contributed by atoms with Gasteiger partial charge in [0.15, 0.2) is 0 Å². The van der Waals surface area contributed by atoms with E-state index in [0.717, 1.165) is 22.7 Å². The molecule has 100 valence electrons. The van der Waals surface area contributed by atoms with Crippen LogP contribution in [0.4, 0.5) is 0 Å². The van der Waals surface area contributed by atoms with Crippen molar-refractivity contribution in [1.29, 1.82) is 0 Å². The first-order valence-corrected chi connectivity index (χ1v) is 7.64. The van der Waals surface area contributed by atoms with Crippen LogP contribution in [-0.2, 0) is 6.42 Å². The van der Waals surface area contributed by atoms with Crippen molar-refractivity contribution in [2.24, 2.45) is 0 Å². The van der Waals surface area contributed by atoms with Gasteiger partial charge in [0.25, 0.3) is 0 Å². The lowest BCUT2D eigenvalue weighted by Crippen LogP contribution is -2.17. The van der Waals surface area contributed by atoms with Gasteiger partial charge in [0.05, 0.1) is 7.11 Å². The third kappa shape index (κ3) is 4.62. The van der Waals surface area contributed by atoms with Gasteiger partial charge in [-0.3, -0.25) is 0 Å². The van der Waals surface area contributed by atoms with Gasteiger partial charge in [-0.05, 0) is 56.3 Å². The Kier molecular flexibility index (Phi) is 5.51. The Hall–Kier alpha value is -0.540. The Balaban J connectivity index is 1.62. The van der Waals surface area contributed by atoms with Crippen LogP contribution in [0.3, 0.4) is 0 Å². The summed E-state index contributed by atoms with van der Waals surface area (Å²) in [4.78, 5) is 0. The van der Waals surface area contributed by atoms with Crippen LogP contribution in [0.5, 0.6) is 5.75 Å². The minimum atomic E-state index is 0.848. The van der Waals surface area contributed by atoms with Crippen molar-refractivity contribution in [2.45, 2.75) is 44.6 Å². The number of nitrogens with one attached hydrogen (secondary N) is 1. The van der Waals surface area contributed by atoms with Crippen LogP contribution >= 0.6 is 15.9 Å². The number of hydrogen-bond acceptors (Lipinski definition) is 2. The van der Waals surface area contributed by atoms with Crippen LogP contribution in [0.15, 0.2) is 22.7 Å². The lowest BCUT2D eigenvalue weighted by Gasteiger charge is -2.07. The van der Waals surface area contributed by atoms with Gasteiger partial charge in [-0.1, -0.05) is 28.4 Å². The SMILES string of the molecule is COc1ccc(CCCCCNC2CC2)c(Br)c1. The van der Waals surface area contributed by atoms with Crippen molar-refractivity contribution in [3.63, 3.8) is 0 Å². The molecule has 0 aliphatic heterocycles. The average molecular weight is 312 g/mol. The number of methoxy groups -OCH3 is 1. The first-order chi connectivity index (χ1) is 8.79. The van der Waals surface area contributed by atoms with Gasteiger partial charge in [0, 0.05) is 10.5 Å². The monoisotopic (exact) mass is 311 g/mol. The van der Waals surface area contributed by atoms with Gasteiger partial charge in [-0.15, -0.1) is 0 Å². The number of hydrogen-bond donors (Lipinski definition) is 1. The van der Waals surface area contributed by atoms with E-state index in [-0.39, 0.29) is 0 Å². The van der Waals surface area contributed by atoms with Gasteiger partial charge in [0.1, 0.15) is 5.75 Å². The number of rotatable bonds is 8. The highest BCUT2D eigenvalue weighted by molar-refractivity contribution is 9.10. The van der Waals surface area contributed by atoms with Gasteiger partial charge < -0.3 is 10.1 Å². The molecule has 1 N–H and O–H groups in total. The Morgan fingerprint density at radius 1 is 1.28 bits per heavy atom. The largest absolute Gasteiger partial charge is 0.497 e. The second-order valence-electron chi connectivity index (χ2n) is 5.00. The van der Waals surface area contributed by atoms with Crippen molar-refractivity contribution >= 4 is 15.9 Å². The third-order valence-corrected chi connectivity index (χ3v) is 4.13. The number of halogens is 1. The van der Waals surface area contributed by atoms with E-state index >= 15 is 0 Å². The fraction of sp³-hybridized carbons (Fsp3) is 0.600. The fourth-order valence-corrected chi connectivity index (χ4v) is 2.62. The smallest absolute Gasteiger partial charge is 0.120 e. The van der Waals surface area contributed by atoms with Crippen LogP contribution < -0.4 is 10.1 Å². The summed E-state index contributed by atoms with van der Waals surface area (Å²) in [5.41, 5.74) is 1.38. The molecule has 0 amide bonds. The van der Waals surface area contributed by atoms with Crippen LogP contribution in [0, 0.1) is 0 Å². The summed E-state index contributed by atoms with van der Waals surface area (Å²) in [6.45, 7) is 1.19. The molecule has 0 radical (unpaired) electrons. The molecule has 1 saturated carbocycles. The fourth-order valence-electron chi connectivity index (χ4n) is 2.07. The number of ether oxygens (including phenoxy) is 1. The zero-order valence-electron chi connectivity index (χ0n) is 11.0. The van der Waals surface area contributed by atoms with Crippen LogP contribution in [-0.4, -0.2) is 19.7 Å². The van der Waals surface area contributed by atoms with Crippen LogP contribution in [0.2, 0.25) is 0 Å². The molecule has 0 heterocycles. The Morgan fingerprint density at radius 2 is 2.11 bits per heavy atom. The minimum absolute atomic E-state index is 0.848. The molecule has 1 aliphatic rings. The zero-order chi connectivity index (χ0) is 12.8. The Morgan fingerprint density at radius 3 is 2.78 bits per heavy atom. The van der Waals surface area contributed by atoms with E-state index in [0.29, 0.717) is 0 Å². The molecule has 0 unspecified atom stereocenters. The molecule has 2 rings (SSSR count). The van der Waals surface area contributed by atoms with E-state index in [9.17, 15) is 0 Å². The minimum Gasteiger partial charge on any atom is -0.497 e. The molecule has 3 heteroatoms. The highest BCUT2D eigenvalue weighted by atomic mass is 79.9. The molecule has 1 aliphatic carbocycles. The van der Waals surface area contributed by atoms with Crippen molar-refractivity contribution < 1.29 is 4.74 Å². The average Bonchev–Trinajstić information content (AvgIpc) is 3.19. The quantitative estimate of drug-likeness (QED) is 0.735. The third-order valence-electron chi connectivity index (χ3n) is 3.39. The van der Waals surface area contributed by atoms with E-state index in [1.54, 1.807) is 7.11 Å². The van der Waals surface area contributed by atoms with Gasteiger partial charge in [-0.25, -0.2) is 0 Å². The van der Waals surface area contributed by atoms with E-state index in [2.05, 4.69) is 27.3 Å². The van der Waals surface area contributed by atoms with E-state index in [1.807, 2.05) is 12.1 Å². The first kappa shape index (κ1) is 13.9. The number of benzene rings is 1. The summed E-state index contributed by atoms with van der Waals surface area (Å²) >= 11 is 3.61. The molecule has 18 heavy (non-hydrogen) atoms. The molecule has 1 aromatic carbocycles. The standard InChI is InChI=1S/C15H22BrNO/c1-18-14-9-6-12(15(16)11-14)5-3-2-4-10-17-13-7-8-13/h6,9,11,13,17H,2-5,7-8,10H2,1H3. The van der Waals surface area contributed by atoms with Crippen molar-refractivity contribution in [2.75, 3.05) is 13.7 Å². The number of aryl methyl sites for hydroxylation is 1. The first-order valence-electron chi connectivity index (χ1n) is 6.85. The summed E-state index contributed by atoms with van der Waals surface area (Å²) in [7, 11) is 1.70. The molecule has 1 aromatic rings. The molecule has 1 fully saturated rings. The van der Waals surface area contributed by atoms with E-state index in [1.165, 1.54) is 44.2 Å². The number of unbranched alkanes of at least 4 members (excludes halogenated alkanes) is 2. The zero-order valence-corrected chi connectivity index (χ0v) is 12.6. The van der Waals surface area contributed by atoms with Gasteiger partial charge in [0.2, 0.25) is 0 Å². The summed E-state index contributed by atoms with van der Waals surface area (Å²) < 4.78 is 6.36. The molecule has 0 saturated heterocycles. The molecular weight excluding hydrogens is 290 g/mol. The molecule has 0 bridgehead atoms. The van der Waals surface area contributed by atoms with E-state index < -0.39 is 0 Å². The maximum Gasteiger partial charge on any atom is 0.120 e. The van der Waals surface area contributed by atoms with Crippen LogP contribution in [0.25, 0.3) is 0 Å². The molecule has 0 atom stereocenters. The lowest BCUT2D eigenvalue weighted by atomic mass is 10.1. The van der Waals surface area contributed by atoms with Crippen molar-refractivity contribution in [3.05, 3.63) is 28.2 Å². The molecule has 0 aromatic heterocycles. The Labute approximate surface area is 118 Å². The molecule has 0 spiro atoms. The normalized spacial score (nSPS) is 14.8. The summed E-state index contributed by atoms with van der Waals surface area (Å²) in [5, 5.41) is 3.56. The van der Waals surface area contributed by atoms with Crippen LogP contribution in [0.1, 0.15) is 37.7 Å². The highest BCUT2D eigenvalue weighted by Crippen LogP contribution is 2.24. The topological polar surface area (TPSA) is 21.3 Å². The predicted octanol–water partition coefficient (Wildman–Crippen LogP) is 3.92. The van der Waals surface area contributed by atoms with Crippen molar-refractivity contribution in [3.8, 4) is 5.75 Å². The maximum absolute atomic E-state index is 5.20. The predicted molar refractivity (Wildman–Crippen MR) is 79.3 cm³/mol. The Bertz CT molecular complexity index is 377. The second kappa shape index (κ2) is 7.15. The highest BCUT2D eigenvalue weighted by Gasteiger charge is 2.19.